The van der Waals surface area contributed by atoms with Gasteiger partial charge in [-0.2, -0.15) is 0 Å². The summed E-state index contributed by atoms with van der Waals surface area (Å²) in [6.45, 7) is 0.630. The first kappa shape index (κ1) is 25.5. The minimum Gasteiger partial charge on any atom is -0.493 e. The molecule has 9 heteroatoms. The number of halogens is 2. The molecule has 1 heterocycles. The molecule has 1 aromatic carbocycles. The Morgan fingerprint density at radius 3 is 2.62 bits per heavy atom. The molecular formula is C20H29Cl2N3O3S. The van der Waals surface area contributed by atoms with E-state index in [1.54, 1.807) is 14.2 Å². The van der Waals surface area contributed by atoms with Crippen molar-refractivity contribution in [2.45, 2.75) is 38.1 Å². The third-order valence-electron chi connectivity index (χ3n) is 5.08. The van der Waals surface area contributed by atoms with Gasteiger partial charge in [0.25, 0.3) is 0 Å². The SMILES string of the molecule is COc1ccc(-c2nc(CC(=O)NC3CCCCC3CN)cs2)cc1OC.Cl.Cl. The van der Waals surface area contributed by atoms with Gasteiger partial charge in [0.1, 0.15) is 5.01 Å². The molecule has 1 aliphatic rings. The zero-order valence-electron chi connectivity index (χ0n) is 16.7. The highest BCUT2D eigenvalue weighted by molar-refractivity contribution is 7.13. The second-order valence-corrected chi connectivity index (χ2v) is 7.70. The number of hydrogen-bond acceptors (Lipinski definition) is 6. The first-order valence-electron chi connectivity index (χ1n) is 9.30. The lowest BCUT2D eigenvalue weighted by atomic mass is 9.84. The molecule has 2 atom stereocenters. The van der Waals surface area contributed by atoms with E-state index in [9.17, 15) is 4.79 Å². The molecule has 0 saturated heterocycles. The topological polar surface area (TPSA) is 86.5 Å². The number of rotatable bonds is 7. The van der Waals surface area contributed by atoms with Crippen molar-refractivity contribution >= 4 is 42.1 Å². The molecule has 2 aromatic rings. The molecule has 1 saturated carbocycles. The van der Waals surface area contributed by atoms with Crippen LogP contribution in [0.15, 0.2) is 23.6 Å². The van der Waals surface area contributed by atoms with Crippen molar-refractivity contribution in [2.24, 2.45) is 11.7 Å². The third-order valence-corrected chi connectivity index (χ3v) is 6.02. The number of amides is 1. The summed E-state index contributed by atoms with van der Waals surface area (Å²) in [5.41, 5.74) is 7.58. The van der Waals surface area contributed by atoms with Crippen LogP contribution in [-0.2, 0) is 11.2 Å². The van der Waals surface area contributed by atoms with E-state index in [0.717, 1.165) is 35.5 Å². The van der Waals surface area contributed by atoms with E-state index in [1.165, 1.54) is 17.8 Å². The lowest BCUT2D eigenvalue weighted by Crippen LogP contribution is -2.45. The number of hydrogen-bond donors (Lipinski definition) is 2. The number of ether oxygens (including phenoxy) is 2. The van der Waals surface area contributed by atoms with Gasteiger partial charge in [0, 0.05) is 17.0 Å². The van der Waals surface area contributed by atoms with Gasteiger partial charge in [-0.3, -0.25) is 4.79 Å². The van der Waals surface area contributed by atoms with Crippen LogP contribution in [-0.4, -0.2) is 37.7 Å². The van der Waals surface area contributed by atoms with Crippen LogP contribution in [0.4, 0.5) is 0 Å². The zero-order valence-corrected chi connectivity index (χ0v) is 19.1. The number of nitrogens with two attached hydrogens (primary N) is 1. The van der Waals surface area contributed by atoms with Crippen LogP contribution >= 0.6 is 36.2 Å². The molecule has 1 amide bonds. The molecule has 0 bridgehead atoms. The summed E-state index contributed by atoms with van der Waals surface area (Å²) in [4.78, 5) is 17.1. The first-order valence-corrected chi connectivity index (χ1v) is 10.2. The zero-order chi connectivity index (χ0) is 19.2. The largest absolute Gasteiger partial charge is 0.493 e. The Morgan fingerprint density at radius 2 is 1.93 bits per heavy atom. The Labute approximate surface area is 188 Å². The van der Waals surface area contributed by atoms with Gasteiger partial charge in [-0.15, -0.1) is 36.2 Å². The molecule has 0 spiro atoms. The van der Waals surface area contributed by atoms with Gasteiger partial charge in [-0.05, 0) is 43.5 Å². The second-order valence-electron chi connectivity index (χ2n) is 6.84. The van der Waals surface area contributed by atoms with Crippen LogP contribution in [0.1, 0.15) is 31.4 Å². The molecule has 29 heavy (non-hydrogen) atoms. The number of methoxy groups -OCH3 is 2. The third kappa shape index (κ3) is 6.47. The van der Waals surface area contributed by atoms with Gasteiger partial charge in [0.05, 0.1) is 26.3 Å². The Balaban J connectivity index is 0.00000210. The van der Waals surface area contributed by atoms with Crippen molar-refractivity contribution in [2.75, 3.05) is 20.8 Å². The second kappa shape index (κ2) is 12.2. The van der Waals surface area contributed by atoms with E-state index in [2.05, 4.69) is 10.3 Å². The lowest BCUT2D eigenvalue weighted by Gasteiger charge is -2.31. The summed E-state index contributed by atoms with van der Waals surface area (Å²) in [6.07, 6.45) is 4.76. The standard InChI is InChI=1S/C20H27N3O3S.2ClH/c1-25-17-8-7-13(9-18(17)26-2)20-22-15(12-27-20)10-19(24)23-16-6-4-3-5-14(16)11-21;;/h7-9,12,14,16H,3-6,10-11,21H2,1-2H3,(H,23,24);2*1H. The molecule has 1 aromatic heterocycles. The fourth-order valence-corrected chi connectivity index (χ4v) is 4.41. The number of aromatic nitrogens is 1. The van der Waals surface area contributed by atoms with Crippen molar-refractivity contribution < 1.29 is 14.3 Å². The quantitative estimate of drug-likeness (QED) is 0.653. The molecule has 2 unspecified atom stereocenters. The van der Waals surface area contributed by atoms with Crippen LogP contribution in [0.25, 0.3) is 10.6 Å². The van der Waals surface area contributed by atoms with Crippen molar-refractivity contribution in [1.29, 1.82) is 0 Å². The molecule has 1 fully saturated rings. The maximum Gasteiger partial charge on any atom is 0.226 e. The maximum atomic E-state index is 12.4. The summed E-state index contributed by atoms with van der Waals surface area (Å²) >= 11 is 1.52. The van der Waals surface area contributed by atoms with Gasteiger partial charge in [-0.25, -0.2) is 4.98 Å². The van der Waals surface area contributed by atoms with Crippen LogP contribution in [0.3, 0.4) is 0 Å². The first-order chi connectivity index (χ1) is 13.1. The molecule has 3 N–H and O–H groups in total. The molecule has 6 nitrogen and oxygen atoms in total. The normalized spacial score (nSPS) is 18.2. The van der Waals surface area contributed by atoms with E-state index in [4.69, 9.17) is 15.2 Å². The molecule has 0 radical (unpaired) electrons. The van der Waals surface area contributed by atoms with Gasteiger partial charge < -0.3 is 20.5 Å². The molecule has 1 aliphatic carbocycles. The summed E-state index contributed by atoms with van der Waals surface area (Å²) in [7, 11) is 3.22. The predicted molar refractivity (Wildman–Crippen MR) is 122 cm³/mol. The fraction of sp³-hybridized carbons (Fsp3) is 0.500. The molecular weight excluding hydrogens is 433 g/mol. The summed E-state index contributed by atoms with van der Waals surface area (Å²) in [6, 6.07) is 5.89. The number of thiazole rings is 1. The van der Waals surface area contributed by atoms with E-state index >= 15 is 0 Å². The Kier molecular flexibility index (Phi) is 10.7. The smallest absolute Gasteiger partial charge is 0.226 e. The van der Waals surface area contributed by atoms with Crippen molar-refractivity contribution in [3.8, 4) is 22.1 Å². The lowest BCUT2D eigenvalue weighted by molar-refractivity contribution is -0.121. The van der Waals surface area contributed by atoms with E-state index in [0.29, 0.717) is 24.0 Å². The molecule has 3 rings (SSSR count). The van der Waals surface area contributed by atoms with Crippen LogP contribution in [0, 0.1) is 5.92 Å². The van der Waals surface area contributed by atoms with Gasteiger partial charge in [-0.1, -0.05) is 12.8 Å². The predicted octanol–water partition coefficient (Wildman–Crippen LogP) is 3.85. The summed E-state index contributed by atoms with van der Waals surface area (Å²) in [5, 5.41) is 5.95. The Hall–Kier alpha value is -1.54. The molecule has 0 aliphatic heterocycles. The van der Waals surface area contributed by atoms with Crippen molar-refractivity contribution in [1.82, 2.24) is 10.3 Å². The minimum atomic E-state index is 0. The van der Waals surface area contributed by atoms with Crippen LogP contribution in [0.2, 0.25) is 0 Å². The highest BCUT2D eigenvalue weighted by atomic mass is 35.5. The van der Waals surface area contributed by atoms with Crippen LogP contribution < -0.4 is 20.5 Å². The number of nitrogens with one attached hydrogen (secondary N) is 1. The minimum absolute atomic E-state index is 0. The van der Waals surface area contributed by atoms with Gasteiger partial charge in [0.15, 0.2) is 11.5 Å². The number of carbonyl (C=O) groups excluding carboxylic acids is 1. The number of benzene rings is 1. The van der Waals surface area contributed by atoms with Gasteiger partial charge >= 0.3 is 0 Å². The highest BCUT2D eigenvalue weighted by Crippen LogP contribution is 2.33. The summed E-state index contributed by atoms with van der Waals surface area (Å²) in [5.74, 6) is 1.75. The Morgan fingerprint density at radius 1 is 1.21 bits per heavy atom. The number of nitrogens with zero attached hydrogens (tertiary/aromatic N) is 1. The highest BCUT2D eigenvalue weighted by Gasteiger charge is 2.25. The maximum absolute atomic E-state index is 12.4. The fourth-order valence-electron chi connectivity index (χ4n) is 3.59. The average Bonchev–Trinajstić information content (AvgIpc) is 3.16. The number of carbonyl (C=O) groups is 1. The average molecular weight is 462 g/mol. The van der Waals surface area contributed by atoms with E-state index in [-0.39, 0.29) is 43.2 Å². The Bertz CT molecular complexity index is 788. The summed E-state index contributed by atoms with van der Waals surface area (Å²) < 4.78 is 10.6. The molecule has 162 valence electrons. The monoisotopic (exact) mass is 461 g/mol. The van der Waals surface area contributed by atoms with Gasteiger partial charge in [0.2, 0.25) is 5.91 Å². The van der Waals surface area contributed by atoms with E-state index < -0.39 is 0 Å². The van der Waals surface area contributed by atoms with E-state index in [1.807, 2.05) is 23.6 Å². The van der Waals surface area contributed by atoms with Crippen LogP contribution in [0.5, 0.6) is 11.5 Å². The van der Waals surface area contributed by atoms with Crippen molar-refractivity contribution in [3.63, 3.8) is 0 Å². The van der Waals surface area contributed by atoms with Crippen molar-refractivity contribution in [3.05, 3.63) is 29.3 Å².